The molecule has 0 unspecified atom stereocenters. The van der Waals surface area contributed by atoms with Crippen molar-refractivity contribution in [2.24, 2.45) is 0 Å². The van der Waals surface area contributed by atoms with Crippen molar-refractivity contribution in [3.05, 3.63) is 64.1 Å². The van der Waals surface area contributed by atoms with Crippen molar-refractivity contribution < 1.29 is 13.9 Å². The Balaban J connectivity index is 1.26. The van der Waals surface area contributed by atoms with Crippen LogP contribution in [0.5, 0.6) is 11.5 Å². The lowest BCUT2D eigenvalue weighted by Crippen LogP contribution is -2.48. The zero-order chi connectivity index (χ0) is 24.8. The number of ether oxygens (including phenoxy) is 2. The van der Waals surface area contributed by atoms with Crippen molar-refractivity contribution in [2.45, 2.75) is 44.3 Å². The average molecular weight is 504 g/mol. The lowest BCUT2D eigenvalue weighted by atomic mass is 10.0. The van der Waals surface area contributed by atoms with E-state index in [-0.39, 0.29) is 24.4 Å². The molecule has 1 aromatic carbocycles. The zero-order valence-corrected chi connectivity index (χ0v) is 20.5. The molecule has 3 aliphatic rings. The highest BCUT2D eigenvalue weighted by atomic mass is 16.7. The number of hydrogen-bond acceptors (Lipinski definition) is 9. The summed E-state index contributed by atoms with van der Waals surface area (Å²) in [5.74, 6) is 3.02. The largest absolute Gasteiger partial charge is 0.468 e. The molecule has 2 aliphatic heterocycles. The van der Waals surface area contributed by atoms with Crippen LogP contribution >= 0.6 is 0 Å². The first-order valence-electron chi connectivity index (χ1n) is 13.0. The van der Waals surface area contributed by atoms with E-state index in [4.69, 9.17) is 13.9 Å². The summed E-state index contributed by atoms with van der Waals surface area (Å²) in [6.07, 6.45) is 6.16. The van der Waals surface area contributed by atoms with Crippen LogP contribution in [0.2, 0.25) is 0 Å². The van der Waals surface area contributed by atoms with Gasteiger partial charge in [-0.3, -0.25) is 14.6 Å². The molecule has 2 fully saturated rings. The second kappa shape index (κ2) is 9.31. The Morgan fingerprint density at radius 3 is 2.65 bits per heavy atom. The van der Waals surface area contributed by atoms with Crippen LogP contribution in [0.4, 0.5) is 0 Å². The van der Waals surface area contributed by atoms with Gasteiger partial charge in [0.15, 0.2) is 17.3 Å². The molecule has 3 aromatic heterocycles. The molecule has 0 amide bonds. The number of hydrogen-bond donors (Lipinski definition) is 1. The molecule has 1 N–H and O–H groups in total. The fourth-order valence-electron chi connectivity index (χ4n) is 5.91. The minimum absolute atomic E-state index is 0.143. The monoisotopic (exact) mass is 503 g/mol. The van der Waals surface area contributed by atoms with Crippen LogP contribution in [0.3, 0.4) is 0 Å². The van der Waals surface area contributed by atoms with Crippen LogP contribution in [-0.2, 0) is 6.54 Å². The van der Waals surface area contributed by atoms with Gasteiger partial charge in [-0.25, -0.2) is 4.68 Å². The summed E-state index contributed by atoms with van der Waals surface area (Å²) >= 11 is 0. The molecule has 11 nitrogen and oxygen atoms in total. The van der Waals surface area contributed by atoms with E-state index in [1.165, 1.54) is 12.8 Å². The molecule has 0 bridgehead atoms. The van der Waals surface area contributed by atoms with Crippen LogP contribution in [0.15, 0.2) is 45.8 Å². The summed E-state index contributed by atoms with van der Waals surface area (Å²) in [4.78, 5) is 21.3. The molecular weight excluding hydrogens is 474 g/mol. The number of tetrazole rings is 1. The first-order chi connectivity index (χ1) is 18.2. The fourth-order valence-corrected chi connectivity index (χ4v) is 5.91. The van der Waals surface area contributed by atoms with Gasteiger partial charge in [-0.05, 0) is 47.5 Å². The summed E-state index contributed by atoms with van der Waals surface area (Å²) in [7, 11) is 0. The summed E-state index contributed by atoms with van der Waals surface area (Å²) in [6.45, 7) is 4.22. The van der Waals surface area contributed by atoms with Gasteiger partial charge in [0, 0.05) is 43.2 Å². The second-order valence-corrected chi connectivity index (χ2v) is 10.1. The van der Waals surface area contributed by atoms with Gasteiger partial charge in [-0.1, -0.05) is 12.8 Å². The van der Waals surface area contributed by atoms with Gasteiger partial charge in [-0.2, -0.15) is 0 Å². The predicted octanol–water partition coefficient (Wildman–Crippen LogP) is 2.86. The van der Waals surface area contributed by atoms with Crippen molar-refractivity contribution >= 4 is 10.9 Å². The van der Waals surface area contributed by atoms with Gasteiger partial charge >= 0.3 is 0 Å². The summed E-state index contributed by atoms with van der Waals surface area (Å²) in [5.41, 5.74) is 1.21. The normalized spacial score (nSPS) is 19.7. The Bertz CT molecular complexity index is 1450. The van der Waals surface area contributed by atoms with Crippen molar-refractivity contribution in [3.63, 3.8) is 0 Å². The van der Waals surface area contributed by atoms with E-state index in [1.807, 2.05) is 35.0 Å². The van der Waals surface area contributed by atoms with Crippen LogP contribution in [0.25, 0.3) is 10.9 Å². The highest BCUT2D eigenvalue weighted by molar-refractivity contribution is 5.83. The fraction of sp³-hybridized carbons (Fsp3) is 0.462. The van der Waals surface area contributed by atoms with Gasteiger partial charge in [0.25, 0.3) is 5.56 Å². The molecule has 0 radical (unpaired) electrons. The standard InChI is InChI=1S/C26H29N7O4/c34-26-20(12-17-13-22-23(37-16-36-22)14-21(17)27-26)24(25-28-29-30-33(25)18-4-1-2-5-18)32-9-7-31(8-10-32)15-19-6-3-11-35-19/h3,6,11-14,18,24H,1-2,4-5,7-10,15-16H2,(H,27,34)/t24-/m0/s1. The Labute approximate surface area is 212 Å². The van der Waals surface area contributed by atoms with Crippen molar-refractivity contribution in [2.75, 3.05) is 33.0 Å². The minimum atomic E-state index is -0.361. The maximum atomic E-state index is 13.6. The van der Waals surface area contributed by atoms with Crippen molar-refractivity contribution in [3.8, 4) is 11.5 Å². The maximum Gasteiger partial charge on any atom is 0.253 e. The molecule has 0 spiro atoms. The van der Waals surface area contributed by atoms with Crippen LogP contribution in [0.1, 0.15) is 54.9 Å². The van der Waals surface area contributed by atoms with E-state index in [9.17, 15) is 4.79 Å². The number of aromatic amines is 1. The molecule has 1 aliphatic carbocycles. The number of nitrogens with one attached hydrogen (secondary N) is 1. The molecule has 7 rings (SSSR count). The Hall–Kier alpha value is -3.70. The molecule has 1 saturated carbocycles. The van der Waals surface area contributed by atoms with Crippen molar-refractivity contribution in [1.82, 2.24) is 35.0 Å². The molecular formula is C26H29N7O4. The third-order valence-electron chi connectivity index (χ3n) is 7.83. The molecule has 1 saturated heterocycles. The summed E-state index contributed by atoms with van der Waals surface area (Å²) in [6, 6.07) is 9.54. The molecule has 4 aromatic rings. The van der Waals surface area contributed by atoms with E-state index in [0.717, 1.165) is 68.1 Å². The van der Waals surface area contributed by atoms with E-state index in [1.54, 1.807) is 6.26 Å². The predicted molar refractivity (Wildman–Crippen MR) is 133 cm³/mol. The smallest absolute Gasteiger partial charge is 0.253 e. The summed E-state index contributed by atoms with van der Waals surface area (Å²) in [5, 5.41) is 13.9. The van der Waals surface area contributed by atoms with Gasteiger partial charge < -0.3 is 18.9 Å². The SMILES string of the molecule is O=c1[nH]c2cc3c(cc2cc1[C@@H](c1nnnn1C1CCCC1)N1CCN(Cc2ccco2)CC1)OCO3. The second-order valence-electron chi connectivity index (χ2n) is 10.1. The average Bonchev–Trinajstić information content (AvgIpc) is 3.72. The lowest BCUT2D eigenvalue weighted by Gasteiger charge is -2.38. The lowest BCUT2D eigenvalue weighted by molar-refractivity contribution is 0.0943. The number of H-pyrrole nitrogens is 1. The third kappa shape index (κ3) is 4.17. The topological polar surface area (TPSA) is 115 Å². The Morgan fingerprint density at radius 1 is 1.05 bits per heavy atom. The first-order valence-corrected chi connectivity index (χ1v) is 13.0. The van der Waals surface area contributed by atoms with Crippen LogP contribution in [0, 0.1) is 0 Å². The van der Waals surface area contributed by atoms with Gasteiger partial charge in [0.1, 0.15) is 11.8 Å². The van der Waals surface area contributed by atoms with Crippen LogP contribution in [-0.4, -0.2) is 68.0 Å². The number of furan rings is 1. The number of nitrogens with zero attached hydrogens (tertiary/aromatic N) is 6. The van der Waals surface area contributed by atoms with Crippen molar-refractivity contribution in [1.29, 1.82) is 0 Å². The number of benzene rings is 1. The van der Waals surface area contributed by atoms with Crippen LogP contribution < -0.4 is 15.0 Å². The van der Waals surface area contributed by atoms with E-state index in [2.05, 4.69) is 30.3 Å². The molecule has 192 valence electrons. The van der Waals surface area contributed by atoms with Gasteiger partial charge in [0.2, 0.25) is 6.79 Å². The van der Waals surface area contributed by atoms with E-state index < -0.39 is 0 Å². The Morgan fingerprint density at radius 2 is 1.86 bits per heavy atom. The quantitative estimate of drug-likeness (QED) is 0.424. The number of pyridine rings is 1. The Kier molecular flexibility index (Phi) is 5.66. The zero-order valence-electron chi connectivity index (χ0n) is 20.5. The minimum Gasteiger partial charge on any atom is -0.468 e. The van der Waals surface area contributed by atoms with Gasteiger partial charge in [0.05, 0.1) is 24.4 Å². The highest BCUT2D eigenvalue weighted by Gasteiger charge is 2.35. The van der Waals surface area contributed by atoms with E-state index >= 15 is 0 Å². The number of aromatic nitrogens is 5. The first kappa shape index (κ1) is 22.5. The highest BCUT2D eigenvalue weighted by Crippen LogP contribution is 2.37. The molecule has 1 atom stereocenters. The third-order valence-corrected chi connectivity index (χ3v) is 7.83. The number of rotatable bonds is 6. The van der Waals surface area contributed by atoms with Gasteiger partial charge in [-0.15, -0.1) is 5.10 Å². The molecule has 5 heterocycles. The number of fused-ring (bicyclic) bond motifs is 2. The molecule has 37 heavy (non-hydrogen) atoms. The molecule has 11 heteroatoms. The van der Waals surface area contributed by atoms with E-state index in [0.29, 0.717) is 17.1 Å². The maximum absolute atomic E-state index is 13.6. The number of piperazine rings is 1. The summed E-state index contributed by atoms with van der Waals surface area (Å²) < 4.78 is 18.6.